The van der Waals surface area contributed by atoms with Crippen LogP contribution in [-0.4, -0.2) is 33.1 Å². The molecule has 0 bridgehead atoms. The fourth-order valence-corrected chi connectivity index (χ4v) is 2.16. The standard InChI is InChI=1S/C14H19N3O2/c1-3-17-13(15-10-16-17)9-12(18)14(19-2)11-7-5-4-6-8-11/h4-8,10,12,14,18H,3,9H2,1-2H3. The van der Waals surface area contributed by atoms with E-state index in [9.17, 15) is 5.11 Å². The average molecular weight is 261 g/mol. The van der Waals surface area contributed by atoms with Gasteiger partial charge in [0.25, 0.3) is 0 Å². The van der Waals surface area contributed by atoms with Gasteiger partial charge >= 0.3 is 0 Å². The third-order valence-electron chi connectivity index (χ3n) is 3.12. The summed E-state index contributed by atoms with van der Waals surface area (Å²) in [6, 6.07) is 9.70. The van der Waals surface area contributed by atoms with Gasteiger partial charge in [-0.3, -0.25) is 4.68 Å². The second kappa shape index (κ2) is 6.45. The number of hydrogen-bond acceptors (Lipinski definition) is 4. The summed E-state index contributed by atoms with van der Waals surface area (Å²) in [6.45, 7) is 2.74. The van der Waals surface area contributed by atoms with Gasteiger partial charge in [-0.25, -0.2) is 4.98 Å². The molecular formula is C14H19N3O2. The predicted molar refractivity (Wildman–Crippen MR) is 71.6 cm³/mol. The van der Waals surface area contributed by atoms with E-state index in [1.54, 1.807) is 11.8 Å². The van der Waals surface area contributed by atoms with Crippen LogP contribution in [0.25, 0.3) is 0 Å². The van der Waals surface area contributed by atoms with Crippen molar-refractivity contribution in [2.24, 2.45) is 0 Å². The maximum absolute atomic E-state index is 10.3. The number of hydrogen-bond donors (Lipinski definition) is 1. The number of aliphatic hydroxyl groups is 1. The first-order chi connectivity index (χ1) is 9.26. The number of aromatic nitrogens is 3. The molecule has 0 fully saturated rings. The normalized spacial score (nSPS) is 14.3. The van der Waals surface area contributed by atoms with Gasteiger partial charge in [0.2, 0.25) is 0 Å². The van der Waals surface area contributed by atoms with Gasteiger partial charge in [0, 0.05) is 20.1 Å². The molecule has 19 heavy (non-hydrogen) atoms. The molecule has 1 aromatic heterocycles. The van der Waals surface area contributed by atoms with Crippen LogP contribution in [0.3, 0.4) is 0 Å². The molecule has 0 saturated heterocycles. The Balaban J connectivity index is 2.11. The Bertz CT molecular complexity index is 498. The summed E-state index contributed by atoms with van der Waals surface area (Å²) < 4.78 is 7.19. The second-order valence-corrected chi connectivity index (χ2v) is 4.33. The number of aryl methyl sites for hydroxylation is 1. The van der Waals surface area contributed by atoms with Crippen LogP contribution in [0.5, 0.6) is 0 Å². The summed E-state index contributed by atoms with van der Waals surface area (Å²) in [6.07, 6.45) is 0.919. The van der Waals surface area contributed by atoms with Gasteiger partial charge in [0.15, 0.2) is 0 Å². The van der Waals surface area contributed by atoms with E-state index in [0.29, 0.717) is 6.42 Å². The lowest BCUT2D eigenvalue weighted by Gasteiger charge is -2.21. The molecule has 2 atom stereocenters. The smallest absolute Gasteiger partial charge is 0.138 e. The Labute approximate surface area is 112 Å². The van der Waals surface area contributed by atoms with Crippen LogP contribution < -0.4 is 0 Å². The van der Waals surface area contributed by atoms with Crippen molar-refractivity contribution in [3.63, 3.8) is 0 Å². The maximum atomic E-state index is 10.3. The van der Waals surface area contributed by atoms with Gasteiger partial charge in [0.1, 0.15) is 18.3 Å². The summed E-state index contributed by atoms with van der Waals surface area (Å²) in [7, 11) is 1.60. The van der Waals surface area contributed by atoms with E-state index >= 15 is 0 Å². The van der Waals surface area contributed by atoms with E-state index in [0.717, 1.165) is 17.9 Å². The van der Waals surface area contributed by atoms with Crippen molar-refractivity contribution in [2.45, 2.75) is 32.1 Å². The molecule has 2 unspecified atom stereocenters. The Morgan fingerprint density at radius 3 is 2.68 bits per heavy atom. The van der Waals surface area contributed by atoms with Crippen LogP contribution in [0.2, 0.25) is 0 Å². The number of nitrogens with zero attached hydrogens (tertiary/aromatic N) is 3. The van der Waals surface area contributed by atoms with Crippen LogP contribution in [0.1, 0.15) is 24.4 Å². The van der Waals surface area contributed by atoms with E-state index in [1.165, 1.54) is 6.33 Å². The SMILES string of the molecule is CCn1ncnc1CC(O)C(OC)c1ccccc1. The Kier molecular flexibility index (Phi) is 4.65. The minimum Gasteiger partial charge on any atom is -0.390 e. The molecule has 0 amide bonds. The molecule has 102 valence electrons. The fraction of sp³-hybridized carbons (Fsp3) is 0.429. The van der Waals surface area contributed by atoms with E-state index in [2.05, 4.69) is 10.1 Å². The van der Waals surface area contributed by atoms with Crippen LogP contribution in [0.15, 0.2) is 36.7 Å². The average Bonchev–Trinajstić information content (AvgIpc) is 2.88. The zero-order valence-electron chi connectivity index (χ0n) is 11.2. The second-order valence-electron chi connectivity index (χ2n) is 4.33. The number of benzene rings is 1. The molecule has 0 aliphatic carbocycles. The van der Waals surface area contributed by atoms with Crippen molar-refractivity contribution >= 4 is 0 Å². The van der Waals surface area contributed by atoms with Crippen molar-refractivity contribution in [2.75, 3.05) is 7.11 Å². The van der Waals surface area contributed by atoms with Crippen molar-refractivity contribution in [1.82, 2.24) is 14.8 Å². The van der Waals surface area contributed by atoms with Gasteiger partial charge < -0.3 is 9.84 Å². The van der Waals surface area contributed by atoms with Crippen molar-refractivity contribution in [3.05, 3.63) is 48.0 Å². The van der Waals surface area contributed by atoms with E-state index in [1.807, 2.05) is 37.3 Å². The summed E-state index contributed by atoms with van der Waals surface area (Å²) in [4.78, 5) is 4.17. The van der Waals surface area contributed by atoms with Crippen LogP contribution >= 0.6 is 0 Å². The van der Waals surface area contributed by atoms with Crippen molar-refractivity contribution in [3.8, 4) is 0 Å². The monoisotopic (exact) mass is 261 g/mol. The largest absolute Gasteiger partial charge is 0.390 e. The summed E-state index contributed by atoms with van der Waals surface area (Å²) in [5.41, 5.74) is 0.958. The fourth-order valence-electron chi connectivity index (χ4n) is 2.16. The highest BCUT2D eigenvalue weighted by Gasteiger charge is 2.22. The molecule has 0 saturated carbocycles. The molecule has 0 aliphatic rings. The first-order valence-electron chi connectivity index (χ1n) is 6.38. The highest BCUT2D eigenvalue weighted by Crippen LogP contribution is 2.22. The number of rotatable bonds is 6. The zero-order valence-corrected chi connectivity index (χ0v) is 11.2. The van der Waals surface area contributed by atoms with E-state index in [4.69, 9.17) is 4.74 Å². The molecule has 5 nitrogen and oxygen atoms in total. The van der Waals surface area contributed by atoms with Gasteiger partial charge in [-0.05, 0) is 12.5 Å². The van der Waals surface area contributed by atoms with Crippen LogP contribution in [0, 0.1) is 0 Å². The molecule has 1 heterocycles. The molecule has 1 aromatic carbocycles. The lowest BCUT2D eigenvalue weighted by Crippen LogP contribution is -2.24. The number of methoxy groups -OCH3 is 1. The third kappa shape index (κ3) is 3.19. The Morgan fingerprint density at radius 2 is 2.05 bits per heavy atom. The van der Waals surface area contributed by atoms with Crippen molar-refractivity contribution in [1.29, 1.82) is 0 Å². The maximum Gasteiger partial charge on any atom is 0.138 e. The summed E-state index contributed by atoms with van der Waals surface area (Å²) in [5, 5.41) is 14.4. The highest BCUT2D eigenvalue weighted by molar-refractivity contribution is 5.19. The third-order valence-corrected chi connectivity index (χ3v) is 3.12. The molecule has 2 aromatic rings. The zero-order chi connectivity index (χ0) is 13.7. The molecule has 2 rings (SSSR count). The Morgan fingerprint density at radius 1 is 1.32 bits per heavy atom. The predicted octanol–water partition coefficient (Wildman–Crippen LogP) is 1.59. The van der Waals surface area contributed by atoms with Gasteiger partial charge in [-0.15, -0.1) is 0 Å². The van der Waals surface area contributed by atoms with Gasteiger partial charge in [-0.1, -0.05) is 30.3 Å². The molecular weight excluding hydrogens is 242 g/mol. The van der Waals surface area contributed by atoms with Crippen LogP contribution in [-0.2, 0) is 17.7 Å². The van der Waals surface area contributed by atoms with Crippen molar-refractivity contribution < 1.29 is 9.84 Å². The van der Waals surface area contributed by atoms with Gasteiger partial charge in [0.05, 0.1) is 6.10 Å². The summed E-state index contributed by atoms with van der Waals surface area (Å²) in [5.74, 6) is 0.771. The first-order valence-corrected chi connectivity index (χ1v) is 6.38. The molecule has 0 aliphatic heterocycles. The van der Waals surface area contributed by atoms with E-state index in [-0.39, 0.29) is 6.10 Å². The molecule has 1 N–H and O–H groups in total. The topological polar surface area (TPSA) is 60.2 Å². The van der Waals surface area contributed by atoms with Gasteiger partial charge in [-0.2, -0.15) is 5.10 Å². The number of aliphatic hydroxyl groups excluding tert-OH is 1. The lowest BCUT2D eigenvalue weighted by molar-refractivity contribution is -0.0141. The molecule has 5 heteroatoms. The quantitative estimate of drug-likeness (QED) is 0.858. The number of ether oxygens (including phenoxy) is 1. The Hall–Kier alpha value is -1.72. The molecule has 0 spiro atoms. The molecule has 0 radical (unpaired) electrons. The minimum atomic E-state index is -0.651. The lowest BCUT2D eigenvalue weighted by atomic mass is 10.0. The first kappa shape index (κ1) is 13.7. The van der Waals surface area contributed by atoms with Crippen LogP contribution in [0.4, 0.5) is 0 Å². The minimum absolute atomic E-state index is 0.358. The highest BCUT2D eigenvalue weighted by atomic mass is 16.5. The van der Waals surface area contributed by atoms with E-state index < -0.39 is 6.10 Å². The summed E-state index contributed by atoms with van der Waals surface area (Å²) >= 11 is 0.